The minimum Gasteiger partial charge on any atom is -0.238 e. The summed E-state index contributed by atoms with van der Waals surface area (Å²) in [6.07, 6.45) is 0. The second kappa shape index (κ2) is 7.90. The molecule has 0 atom stereocenters. The van der Waals surface area contributed by atoms with Crippen LogP contribution in [0, 0.1) is 17.2 Å². The second-order valence-electron chi connectivity index (χ2n) is 4.71. The Labute approximate surface area is 171 Å². The Hall–Kier alpha value is -1.03. The average Bonchev–Trinajstić information content (AvgIpc) is 2.56. The normalized spacial score (nSPS) is 10.1. The quantitative estimate of drug-likeness (QED) is 0.384. The van der Waals surface area contributed by atoms with Crippen molar-refractivity contribution in [3.05, 3.63) is 79.9 Å². The first-order valence-electron chi connectivity index (χ1n) is 6.50. The topological polar surface area (TPSA) is 36.7 Å². The SMILES string of the molecule is N#C[C-](c1c(Cl)c(Cl)nc(Cl)c1Cl)c1cccc2ccccc12.[Li+]. The molecule has 0 bridgehead atoms. The average molecular weight is 388 g/mol. The minimum atomic E-state index is 0. The van der Waals surface area contributed by atoms with E-state index in [9.17, 15) is 5.26 Å². The van der Waals surface area contributed by atoms with Crippen LogP contribution in [0.2, 0.25) is 20.4 Å². The monoisotopic (exact) mass is 386 g/mol. The summed E-state index contributed by atoms with van der Waals surface area (Å²) in [7, 11) is 0. The molecule has 0 radical (unpaired) electrons. The van der Waals surface area contributed by atoms with Crippen molar-refractivity contribution >= 4 is 57.2 Å². The third-order valence-electron chi connectivity index (χ3n) is 3.42. The Kier molecular flexibility index (Phi) is 6.35. The Morgan fingerprint density at radius 3 is 2.08 bits per heavy atom. The van der Waals surface area contributed by atoms with E-state index < -0.39 is 0 Å². The number of pyridine rings is 1. The van der Waals surface area contributed by atoms with Gasteiger partial charge in [-0.15, -0.1) is 29.3 Å². The second-order valence-corrected chi connectivity index (χ2v) is 6.18. The molecule has 0 N–H and O–H groups in total. The first kappa shape index (κ1) is 19.3. The van der Waals surface area contributed by atoms with Crippen LogP contribution in [0.3, 0.4) is 0 Å². The predicted molar refractivity (Wildman–Crippen MR) is 95.3 cm³/mol. The van der Waals surface area contributed by atoms with E-state index in [1.807, 2.05) is 42.5 Å². The third kappa shape index (κ3) is 3.35. The molecule has 0 aliphatic rings. The van der Waals surface area contributed by atoms with Gasteiger partial charge in [-0.05, 0) is 5.92 Å². The van der Waals surface area contributed by atoms with Crippen LogP contribution in [0.15, 0.2) is 42.5 Å². The molecule has 0 fully saturated rings. The zero-order valence-corrected chi connectivity index (χ0v) is 15.5. The number of nitriles is 1. The summed E-state index contributed by atoms with van der Waals surface area (Å²) in [4.78, 5) is 3.85. The van der Waals surface area contributed by atoms with Crippen molar-refractivity contribution in [3.63, 3.8) is 0 Å². The van der Waals surface area contributed by atoms with Crippen molar-refractivity contribution in [2.45, 2.75) is 0 Å². The van der Waals surface area contributed by atoms with Gasteiger partial charge in [-0.3, -0.25) is 0 Å². The number of halogens is 4. The summed E-state index contributed by atoms with van der Waals surface area (Å²) in [5.74, 6) is 0.294. The van der Waals surface area contributed by atoms with Gasteiger partial charge >= 0.3 is 18.9 Å². The molecule has 114 valence electrons. The van der Waals surface area contributed by atoms with Gasteiger partial charge in [0.05, 0.1) is 6.07 Å². The van der Waals surface area contributed by atoms with Gasteiger partial charge in [0.25, 0.3) is 0 Å². The van der Waals surface area contributed by atoms with Gasteiger partial charge in [-0.25, -0.2) is 10.2 Å². The van der Waals surface area contributed by atoms with Gasteiger partial charge in [0.15, 0.2) is 0 Å². The Morgan fingerprint density at radius 1 is 0.875 bits per heavy atom. The molecule has 2 aromatic carbocycles. The van der Waals surface area contributed by atoms with E-state index in [2.05, 4.69) is 11.1 Å². The number of aromatic nitrogens is 1. The van der Waals surface area contributed by atoms with Crippen molar-refractivity contribution in [2.75, 3.05) is 0 Å². The maximum Gasteiger partial charge on any atom is 1.00 e. The Morgan fingerprint density at radius 2 is 1.46 bits per heavy atom. The largest absolute Gasteiger partial charge is 1.00 e. The zero-order valence-electron chi connectivity index (χ0n) is 12.4. The van der Waals surface area contributed by atoms with E-state index in [0.29, 0.717) is 11.5 Å². The molecule has 0 saturated heterocycles. The summed E-state index contributed by atoms with van der Waals surface area (Å²) in [6.45, 7) is 0. The molecule has 0 saturated carbocycles. The first-order chi connectivity index (χ1) is 11.0. The number of fused-ring (bicyclic) bond motifs is 1. The number of rotatable bonds is 2. The molecule has 24 heavy (non-hydrogen) atoms. The smallest absolute Gasteiger partial charge is 0.238 e. The van der Waals surface area contributed by atoms with Gasteiger partial charge in [-0.2, -0.15) is 0 Å². The van der Waals surface area contributed by atoms with Gasteiger partial charge in [0, 0.05) is 10.0 Å². The number of benzene rings is 2. The van der Waals surface area contributed by atoms with Gasteiger partial charge < -0.3 is 0 Å². The summed E-state index contributed by atoms with van der Waals surface area (Å²) in [5, 5.41) is 11.8. The summed E-state index contributed by atoms with van der Waals surface area (Å²) < 4.78 is 0. The molecular formula is C17H7Cl4LiN2. The van der Waals surface area contributed by atoms with Crippen LogP contribution in [-0.2, 0) is 0 Å². The summed E-state index contributed by atoms with van der Waals surface area (Å²) >= 11 is 24.4. The molecule has 7 heteroatoms. The van der Waals surface area contributed by atoms with E-state index >= 15 is 0 Å². The minimum absolute atomic E-state index is 0. The predicted octanol–water partition coefficient (Wildman–Crippen LogP) is 3.35. The van der Waals surface area contributed by atoms with E-state index in [-0.39, 0.29) is 44.8 Å². The van der Waals surface area contributed by atoms with E-state index in [1.54, 1.807) is 0 Å². The van der Waals surface area contributed by atoms with Crippen LogP contribution >= 0.6 is 46.4 Å². The van der Waals surface area contributed by atoms with Crippen molar-refractivity contribution in [1.82, 2.24) is 4.98 Å². The van der Waals surface area contributed by atoms with Crippen molar-refractivity contribution in [3.8, 4) is 6.07 Å². The maximum atomic E-state index is 9.71. The van der Waals surface area contributed by atoms with Crippen LogP contribution in [-0.4, -0.2) is 4.98 Å². The fraction of sp³-hybridized carbons (Fsp3) is 0. The van der Waals surface area contributed by atoms with Crippen molar-refractivity contribution in [2.24, 2.45) is 0 Å². The van der Waals surface area contributed by atoms with E-state index in [0.717, 1.165) is 10.8 Å². The Balaban J connectivity index is 0.00000208. The molecule has 0 aliphatic heterocycles. The molecule has 1 aromatic heterocycles. The molecule has 0 amide bonds. The molecule has 2 nitrogen and oxygen atoms in total. The Bertz CT molecular complexity index is 922. The number of hydrogen-bond acceptors (Lipinski definition) is 2. The van der Waals surface area contributed by atoms with Crippen LogP contribution in [0.1, 0.15) is 11.1 Å². The van der Waals surface area contributed by atoms with E-state index in [4.69, 9.17) is 46.4 Å². The molecule has 3 aromatic rings. The fourth-order valence-corrected chi connectivity index (χ4v) is 3.31. The molecule has 0 spiro atoms. The number of hydrogen-bond donors (Lipinski definition) is 0. The van der Waals surface area contributed by atoms with Crippen LogP contribution in [0.4, 0.5) is 0 Å². The van der Waals surface area contributed by atoms with Gasteiger partial charge in [0.2, 0.25) is 0 Å². The number of nitrogens with zero attached hydrogens (tertiary/aromatic N) is 2. The van der Waals surface area contributed by atoms with Crippen LogP contribution in [0.5, 0.6) is 0 Å². The molecule has 0 aliphatic carbocycles. The van der Waals surface area contributed by atoms with Crippen molar-refractivity contribution < 1.29 is 18.9 Å². The van der Waals surface area contributed by atoms with Gasteiger partial charge in [0.1, 0.15) is 10.3 Å². The summed E-state index contributed by atoms with van der Waals surface area (Å²) in [5.41, 5.74) is 0.991. The molecule has 1 heterocycles. The fourth-order valence-electron chi connectivity index (χ4n) is 2.40. The maximum absolute atomic E-state index is 9.71. The first-order valence-corrected chi connectivity index (χ1v) is 8.01. The molecular weight excluding hydrogens is 381 g/mol. The van der Waals surface area contributed by atoms with Crippen LogP contribution in [0.25, 0.3) is 10.8 Å². The van der Waals surface area contributed by atoms with E-state index in [1.165, 1.54) is 0 Å². The van der Waals surface area contributed by atoms with Crippen molar-refractivity contribution in [1.29, 1.82) is 5.26 Å². The van der Waals surface area contributed by atoms with Gasteiger partial charge in [-0.1, -0.05) is 81.5 Å². The molecule has 0 unspecified atom stereocenters. The van der Waals surface area contributed by atoms with Crippen LogP contribution < -0.4 is 18.9 Å². The summed E-state index contributed by atoms with van der Waals surface area (Å²) in [6, 6.07) is 15.5. The zero-order chi connectivity index (χ0) is 16.6. The standard InChI is InChI=1S/C17H7Cl4N2.Li/c18-14-13(15(19)17(21)23-16(14)20)12(8-22)11-7-3-5-9-4-1-2-6-10(9)11;/h1-7H;/q-1;+1. The molecule has 3 rings (SSSR count). The third-order valence-corrected chi connectivity index (χ3v) is 4.89.